The minimum absolute atomic E-state index is 0.101. The van der Waals surface area contributed by atoms with Gasteiger partial charge in [0.1, 0.15) is 0 Å². The fourth-order valence-electron chi connectivity index (χ4n) is 3.65. The Labute approximate surface area is 126 Å². The molecule has 0 bridgehead atoms. The summed E-state index contributed by atoms with van der Waals surface area (Å²) in [6.45, 7) is 0.481. The lowest BCUT2D eigenvalue weighted by Crippen LogP contribution is -2.39. The molecule has 1 N–H and O–H groups in total. The molecule has 1 aliphatic carbocycles. The molecule has 1 aromatic heterocycles. The maximum absolute atomic E-state index is 12.8. The summed E-state index contributed by atoms with van der Waals surface area (Å²) in [6.07, 6.45) is 8.08. The summed E-state index contributed by atoms with van der Waals surface area (Å²) in [5.74, 6) is 0.513. The molecule has 5 nitrogen and oxygen atoms in total. The van der Waals surface area contributed by atoms with Gasteiger partial charge in [0.25, 0.3) is 10.0 Å². The van der Waals surface area contributed by atoms with E-state index in [-0.39, 0.29) is 17.7 Å². The van der Waals surface area contributed by atoms with Crippen LogP contribution in [0.1, 0.15) is 44.1 Å². The number of sulfonamides is 1. The summed E-state index contributed by atoms with van der Waals surface area (Å²) in [4.78, 5) is 4.04. The molecule has 21 heavy (non-hydrogen) atoms. The molecule has 1 saturated carbocycles. The lowest BCUT2D eigenvalue weighted by atomic mass is 9.97. The molecule has 1 saturated heterocycles. The van der Waals surface area contributed by atoms with E-state index >= 15 is 0 Å². The second-order valence-electron chi connectivity index (χ2n) is 6.03. The molecule has 2 fully saturated rings. The molecule has 0 radical (unpaired) electrons. The highest BCUT2D eigenvalue weighted by Crippen LogP contribution is 2.37. The molecular formula is C15H22N2O3S. The van der Waals surface area contributed by atoms with Crippen molar-refractivity contribution in [3.8, 4) is 0 Å². The van der Waals surface area contributed by atoms with Crippen molar-refractivity contribution in [2.75, 3.05) is 6.54 Å². The Bertz CT molecular complexity index is 579. The fraction of sp³-hybridized carbons (Fsp3) is 0.667. The van der Waals surface area contributed by atoms with E-state index in [4.69, 9.17) is 5.11 Å². The Morgan fingerprint density at radius 3 is 2.57 bits per heavy atom. The number of pyridine rings is 1. The van der Waals surface area contributed by atoms with E-state index in [1.165, 1.54) is 25.1 Å². The maximum Gasteiger partial charge on any atom is 0.260 e. The average Bonchev–Trinajstić information content (AvgIpc) is 3.17. The predicted octanol–water partition coefficient (Wildman–Crippen LogP) is 1.92. The van der Waals surface area contributed by atoms with Crippen molar-refractivity contribution in [2.45, 2.75) is 56.2 Å². The van der Waals surface area contributed by atoms with E-state index in [0.29, 0.717) is 18.0 Å². The van der Waals surface area contributed by atoms with Gasteiger partial charge in [-0.05, 0) is 43.2 Å². The summed E-state index contributed by atoms with van der Waals surface area (Å²) in [5.41, 5.74) is 0.628. The molecule has 3 rings (SSSR count). The topological polar surface area (TPSA) is 70.5 Å². The molecular weight excluding hydrogens is 288 g/mol. The van der Waals surface area contributed by atoms with Crippen LogP contribution in [0, 0.1) is 5.92 Å². The lowest BCUT2D eigenvalue weighted by Gasteiger charge is -2.28. The number of nitrogens with zero attached hydrogens (tertiary/aromatic N) is 2. The lowest BCUT2D eigenvalue weighted by molar-refractivity contribution is 0.280. The molecule has 1 aromatic rings. The summed E-state index contributed by atoms with van der Waals surface area (Å²) in [7, 11) is -3.51. The van der Waals surface area contributed by atoms with Crippen LogP contribution >= 0.6 is 0 Å². The first-order valence-corrected chi connectivity index (χ1v) is 9.14. The molecule has 116 valence electrons. The average molecular weight is 310 g/mol. The Balaban J connectivity index is 1.85. The highest BCUT2D eigenvalue weighted by atomic mass is 32.2. The van der Waals surface area contributed by atoms with Crippen molar-refractivity contribution < 1.29 is 13.5 Å². The Morgan fingerprint density at radius 1 is 1.19 bits per heavy atom. The summed E-state index contributed by atoms with van der Waals surface area (Å²) in [5, 5.41) is 9.13. The SMILES string of the molecule is O=S(=O)(c1ccc(CO)cn1)N1CCCC1C1CCCC1. The Morgan fingerprint density at radius 2 is 1.95 bits per heavy atom. The Kier molecular flexibility index (Phi) is 4.28. The normalized spacial score (nSPS) is 24.7. The van der Waals surface area contributed by atoms with Gasteiger partial charge in [-0.3, -0.25) is 0 Å². The van der Waals surface area contributed by atoms with Crippen molar-refractivity contribution in [1.82, 2.24) is 9.29 Å². The Hall–Kier alpha value is -0.980. The summed E-state index contributed by atoms with van der Waals surface area (Å²) >= 11 is 0. The third kappa shape index (κ3) is 2.84. The molecule has 1 unspecified atom stereocenters. The van der Waals surface area contributed by atoms with Gasteiger partial charge in [-0.2, -0.15) is 4.31 Å². The standard InChI is InChI=1S/C15H22N2O3S/c18-11-12-7-8-15(16-10-12)21(19,20)17-9-3-6-14(17)13-4-1-2-5-13/h7-8,10,13-14,18H,1-6,9,11H2. The van der Waals surface area contributed by atoms with Gasteiger partial charge in [-0.1, -0.05) is 18.9 Å². The van der Waals surface area contributed by atoms with Crippen LogP contribution in [0.3, 0.4) is 0 Å². The van der Waals surface area contributed by atoms with E-state index in [2.05, 4.69) is 4.98 Å². The number of hydrogen-bond donors (Lipinski definition) is 1. The van der Waals surface area contributed by atoms with Gasteiger partial charge in [-0.25, -0.2) is 13.4 Å². The van der Waals surface area contributed by atoms with Crippen molar-refractivity contribution in [2.24, 2.45) is 5.92 Å². The summed E-state index contributed by atoms with van der Waals surface area (Å²) < 4.78 is 27.3. The van der Waals surface area contributed by atoms with E-state index in [0.717, 1.165) is 25.7 Å². The van der Waals surface area contributed by atoms with Crippen LogP contribution in [0.4, 0.5) is 0 Å². The fourth-order valence-corrected chi connectivity index (χ4v) is 5.32. The van der Waals surface area contributed by atoms with Crippen LogP contribution in [0.25, 0.3) is 0 Å². The van der Waals surface area contributed by atoms with Gasteiger partial charge < -0.3 is 5.11 Å². The number of rotatable bonds is 4. The molecule has 1 aliphatic heterocycles. The highest BCUT2D eigenvalue weighted by molar-refractivity contribution is 7.89. The largest absolute Gasteiger partial charge is 0.392 e. The first-order chi connectivity index (χ1) is 10.1. The number of hydrogen-bond acceptors (Lipinski definition) is 4. The molecule has 1 atom stereocenters. The third-order valence-electron chi connectivity index (χ3n) is 4.75. The highest BCUT2D eigenvalue weighted by Gasteiger charge is 2.40. The van der Waals surface area contributed by atoms with Crippen molar-refractivity contribution in [3.63, 3.8) is 0 Å². The predicted molar refractivity (Wildman–Crippen MR) is 79.0 cm³/mol. The van der Waals surface area contributed by atoms with Gasteiger partial charge in [0.2, 0.25) is 0 Å². The van der Waals surface area contributed by atoms with Crippen molar-refractivity contribution in [3.05, 3.63) is 23.9 Å². The van der Waals surface area contributed by atoms with Gasteiger partial charge in [0, 0.05) is 18.8 Å². The molecule has 0 spiro atoms. The second-order valence-corrected chi connectivity index (χ2v) is 7.87. The van der Waals surface area contributed by atoms with Gasteiger partial charge in [0.05, 0.1) is 6.61 Å². The van der Waals surface area contributed by atoms with Crippen molar-refractivity contribution >= 4 is 10.0 Å². The van der Waals surface area contributed by atoms with Crippen LogP contribution < -0.4 is 0 Å². The second kappa shape index (κ2) is 6.02. The minimum Gasteiger partial charge on any atom is -0.392 e. The van der Waals surface area contributed by atoms with Crippen LogP contribution in [0.15, 0.2) is 23.4 Å². The molecule has 0 amide bonds. The van der Waals surface area contributed by atoms with Gasteiger partial charge >= 0.3 is 0 Å². The third-order valence-corrected chi connectivity index (χ3v) is 6.59. The van der Waals surface area contributed by atoms with E-state index < -0.39 is 10.0 Å². The maximum atomic E-state index is 12.8. The number of aliphatic hydroxyl groups excluding tert-OH is 1. The van der Waals surface area contributed by atoms with E-state index in [9.17, 15) is 8.42 Å². The zero-order valence-corrected chi connectivity index (χ0v) is 12.9. The number of aromatic nitrogens is 1. The van der Waals surface area contributed by atoms with E-state index in [1.54, 1.807) is 10.4 Å². The smallest absolute Gasteiger partial charge is 0.260 e. The molecule has 0 aromatic carbocycles. The van der Waals surface area contributed by atoms with Crippen LogP contribution in [-0.4, -0.2) is 35.4 Å². The zero-order chi connectivity index (χ0) is 14.9. The quantitative estimate of drug-likeness (QED) is 0.922. The minimum atomic E-state index is -3.51. The van der Waals surface area contributed by atoms with Crippen LogP contribution in [0.5, 0.6) is 0 Å². The monoisotopic (exact) mass is 310 g/mol. The molecule has 2 heterocycles. The molecule has 2 aliphatic rings. The van der Waals surface area contributed by atoms with Gasteiger partial charge in [0.15, 0.2) is 5.03 Å². The number of aliphatic hydroxyl groups is 1. The van der Waals surface area contributed by atoms with Crippen molar-refractivity contribution in [1.29, 1.82) is 0 Å². The van der Waals surface area contributed by atoms with Crippen LogP contribution in [-0.2, 0) is 16.6 Å². The zero-order valence-electron chi connectivity index (χ0n) is 12.1. The van der Waals surface area contributed by atoms with Crippen LogP contribution in [0.2, 0.25) is 0 Å². The van der Waals surface area contributed by atoms with E-state index in [1.807, 2.05) is 0 Å². The summed E-state index contributed by atoms with van der Waals surface area (Å²) in [6, 6.07) is 3.28. The molecule has 6 heteroatoms. The first-order valence-electron chi connectivity index (χ1n) is 7.70. The van der Waals surface area contributed by atoms with Gasteiger partial charge in [-0.15, -0.1) is 0 Å². The first kappa shape index (κ1) is 14.9.